The van der Waals surface area contributed by atoms with Gasteiger partial charge in [0.15, 0.2) is 0 Å². The summed E-state index contributed by atoms with van der Waals surface area (Å²) in [5.41, 5.74) is 1.00. The fourth-order valence-corrected chi connectivity index (χ4v) is 1.85. The summed E-state index contributed by atoms with van der Waals surface area (Å²) in [5.74, 6) is 0. The highest BCUT2D eigenvalue weighted by atomic mass is 35.5. The molecule has 0 amide bonds. The minimum atomic E-state index is 0.522. The first-order valence-corrected chi connectivity index (χ1v) is 5.21. The van der Waals surface area contributed by atoms with E-state index in [9.17, 15) is 0 Å². The summed E-state index contributed by atoms with van der Waals surface area (Å²) in [6, 6.07) is 3.50. The smallest absolute Gasteiger partial charge is 0.0625 e. The van der Waals surface area contributed by atoms with Crippen molar-refractivity contribution in [3.05, 3.63) is 39.7 Å². The molecule has 0 heterocycles. The van der Waals surface area contributed by atoms with Crippen LogP contribution in [0.4, 0.5) is 0 Å². The molecule has 1 aromatic rings. The van der Waals surface area contributed by atoms with Gasteiger partial charge in [0.2, 0.25) is 0 Å². The monoisotopic (exact) mass is 235 g/mol. The fraction of sp³-hybridized carbons (Fsp3) is 0.300. The second-order valence-corrected chi connectivity index (χ2v) is 4.04. The van der Waals surface area contributed by atoms with Crippen molar-refractivity contribution in [2.24, 2.45) is 0 Å². The van der Waals surface area contributed by atoms with Crippen molar-refractivity contribution < 1.29 is 0 Å². The molecule has 1 rings (SSSR count). The van der Waals surface area contributed by atoms with E-state index in [1.165, 1.54) is 0 Å². The van der Waals surface area contributed by atoms with Gasteiger partial charge in [-0.15, -0.1) is 0 Å². The lowest BCUT2D eigenvalue weighted by molar-refractivity contribution is 0.841. The minimum absolute atomic E-state index is 0.522. The quantitative estimate of drug-likeness (QED) is 0.661. The number of aryl methyl sites for hydroxylation is 1. The SMILES string of the molecule is [CH2]CCCc1cc(Cl)cc(Cl)c1Cl. The highest BCUT2D eigenvalue weighted by Crippen LogP contribution is 2.30. The summed E-state index contributed by atoms with van der Waals surface area (Å²) in [4.78, 5) is 0. The van der Waals surface area contributed by atoms with Crippen molar-refractivity contribution in [2.45, 2.75) is 19.3 Å². The highest BCUT2D eigenvalue weighted by molar-refractivity contribution is 6.43. The maximum absolute atomic E-state index is 5.99. The first-order chi connectivity index (χ1) is 6.15. The van der Waals surface area contributed by atoms with E-state index in [0.717, 1.165) is 24.8 Å². The molecule has 0 aliphatic carbocycles. The maximum atomic E-state index is 5.99. The Balaban J connectivity index is 2.92. The zero-order chi connectivity index (χ0) is 9.84. The highest BCUT2D eigenvalue weighted by Gasteiger charge is 2.05. The van der Waals surface area contributed by atoms with Gasteiger partial charge >= 0.3 is 0 Å². The predicted molar refractivity (Wildman–Crippen MR) is 59.8 cm³/mol. The number of benzene rings is 1. The Morgan fingerprint density at radius 3 is 2.46 bits per heavy atom. The van der Waals surface area contributed by atoms with E-state index in [0.29, 0.717) is 15.1 Å². The summed E-state index contributed by atoms with van der Waals surface area (Å²) < 4.78 is 0. The van der Waals surface area contributed by atoms with Crippen LogP contribution in [0.1, 0.15) is 18.4 Å². The van der Waals surface area contributed by atoms with E-state index in [4.69, 9.17) is 34.8 Å². The van der Waals surface area contributed by atoms with Crippen molar-refractivity contribution in [2.75, 3.05) is 0 Å². The van der Waals surface area contributed by atoms with E-state index in [1.54, 1.807) is 6.07 Å². The standard InChI is InChI=1S/C10H10Cl3/c1-2-3-4-7-5-8(11)6-9(12)10(7)13/h5-6H,1-4H2. The third kappa shape index (κ3) is 3.05. The zero-order valence-electron chi connectivity index (χ0n) is 7.12. The largest absolute Gasteiger partial charge is 0.0843 e. The molecular weight excluding hydrogens is 226 g/mol. The predicted octanol–water partition coefficient (Wildman–Crippen LogP) is 4.80. The lowest BCUT2D eigenvalue weighted by Gasteiger charge is -2.05. The molecule has 0 bridgehead atoms. The third-order valence-corrected chi connectivity index (χ3v) is 2.82. The van der Waals surface area contributed by atoms with E-state index >= 15 is 0 Å². The summed E-state index contributed by atoms with van der Waals surface area (Å²) in [7, 11) is 0. The van der Waals surface area contributed by atoms with Crippen molar-refractivity contribution in [3.8, 4) is 0 Å². The minimum Gasteiger partial charge on any atom is -0.0843 e. The average molecular weight is 237 g/mol. The molecule has 0 unspecified atom stereocenters. The molecule has 0 nitrogen and oxygen atoms in total. The summed E-state index contributed by atoms with van der Waals surface area (Å²) in [6.07, 6.45) is 2.76. The van der Waals surface area contributed by atoms with E-state index in [2.05, 4.69) is 6.92 Å². The van der Waals surface area contributed by atoms with Crippen LogP contribution in [-0.4, -0.2) is 0 Å². The molecule has 0 saturated carbocycles. The summed E-state index contributed by atoms with van der Waals surface area (Å²) >= 11 is 17.7. The van der Waals surface area contributed by atoms with E-state index in [-0.39, 0.29) is 0 Å². The average Bonchev–Trinajstić information content (AvgIpc) is 2.09. The van der Waals surface area contributed by atoms with Gasteiger partial charge in [0.25, 0.3) is 0 Å². The molecule has 0 aliphatic heterocycles. The Labute approximate surface area is 93.8 Å². The number of hydrogen-bond acceptors (Lipinski definition) is 0. The number of hydrogen-bond donors (Lipinski definition) is 0. The molecule has 1 radical (unpaired) electrons. The van der Waals surface area contributed by atoms with Crippen molar-refractivity contribution >= 4 is 34.8 Å². The Bertz CT molecular complexity index is 294. The Kier molecular flexibility index (Phi) is 4.37. The van der Waals surface area contributed by atoms with Crippen molar-refractivity contribution in [1.82, 2.24) is 0 Å². The fourth-order valence-electron chi connectivity index (χ4n) is 1.11. The molecule has 0 atom stereocenters. The van der Waals surface area contributed by atoms with Crippen molar-refractivity contribution in [3.63, 3.8) is 0 Å². The van der Waals surface area contributed by atoms with Gasteiger partial charge in [-0.2, -0.15) is 0 Å². The normalized spacial score (nSPS) is 10.5. The summed E-state index contributed by atoms with van der Waals surface area (Å²) in [5, 5.41) is 1.77. The molecule has 0 spiro atoms. The molecule has 0 aliphatic rings. The zero-order valence-corrected chi connectivity index (χ0v) is 9.38. The van der Waals surface area contributed by atoms with Crippen LogP contribution < -0.4 is 0 Å². The lowest BCUT2D eigenvalue weighted by atomic mass is 10.1. The molecule has 0 N–H and O–H groups in total. The van der Waals surface area contributed by atoms with Crippen LogP contribution in [0, 0.1) is 6.92 Å². The van der Waals surface area contributed by atoms with Crippen LogP contribution in [0.2, 0.25) is 15.1 Å². The molecule has 0 saturated heterocycles. The number of unbranched alkanes of at least 4 members (excludes halogenated alkanes) is 1. The first-order valence-electron chi connectivity index (χ1n) is 4.08. The second-order valence-electron chi connectivity index (χ2n) is 2.82. The van der Waals surface area contributed by atoms with Gasteiger partial charge in [-0.05, 0) is 30.5 Å². The van der Waals surface area contributed by atoms with Gasteiger partial charge in [0, 0.05) is 5.02 Å². The Morgan fingerprint density at radius 2 is 1.85 bits per heavy atom. The van der Waals surface area contributed by atoms with Crippen LogP contribution in [0.25, 0.3) is 0 Å². The van der Waals surface area contributed by atoms with Crippen LogP contribution >= 0.6 is 34.8 Å². The van der Waals surface area contributed by atoms with Gasteiger partial charge < -0.3 is 0 Å². The molecule has 3 heteroatoms. The van der Waals surface area contributed by atoms with Crippen LogP contribution in [0.5, 0.6) is 0 Å². The molecule has 71 valence electrons. The van der Waals surface area contributed by atoms with Gasteiger partial charge in [-0.3, -0.25) is 0 Å². The van der Waals surface area contributed by atoms with Gasteiger partial charge in [0.05, 0.1) is 10.0 Å². The number of halogens is 3. The second kappa shape index (κ2) is 5.09. The Hall–Kier alpha value is 0.0900. The van der Waals surface area contributed by atoms with Gasteiger partial charge in [-0.25, -0.2) is 0 Å². The van der Waals surface area contributed by atoms with Crippen LogP contribution in [-0.2, 0) is 6.42 Å². The molecular formula is C10H10Cl3. The lowest BCUT2D eigenvalue weighted by Crippen LogP contribution is -1.87. The summed E-state index contributed by atoms with van der Waals surface area (Å²) in [6.45, 7) is 3.77. The molecule has 1 aromatic carbocycles. The molecule has 0 fully saturated rings. The van der Waals surface area contributed by atoms with Crippen LogP contribution in [0.3, 0.4) is 0 Å². The maximum Gasteiger partial charge on any atom is 0.0625 e. The molecule has 13 heavy (non-hydrogen) atoms. The van der Waals surface area contributed by atoms with Gasteiger partial charge in [0.1, 0.15) is 0 Å². The molecule has 0 aromatic heterocycles. The topological polar surface area (TPSA) is 0 Å². The van der Waals surface area contributed by atoms with E-state index in [1.807, 2.05) is 6.07 Å². The first kappa shape index (κ1) is 11.2. The third-order valence-electron chi connectivity index (χ3n) is 1.76. The Morgan fingerprint density at radius 1 is 1.15 bits per heavy atom. The van der Waals surface area contributed by atoms with Gasteiger partial charge in [-0.1, -0.05) is 48.1 Å². The number of rotatable bonds is 3. The van der Waals surface area contributed by atoms with E-state index < -0.39 is 0 Å². The van der Waals surface area contributed by atoms with Crippen molar-refractivity contribution in [1.29, 1.82) is 0 Å². The van der Waals surface area contributed by atoms with Crippen LogP contribution in [0.15, 0.2) is 12.1 Å².